The number of nitrogens with zero attached hydrogens (tertiary/aromatic N) is 2. The molecule has 1 saturated heterocycles. The molecule has 4 nitrogen and oxygen atoms in total. The Morgan fingerprint density at radius 3 is 3.00 bits per heavy atom. The van der Waals surface area contributed by atoms with Crippen LogP contribution in [0.5, 0.6) is 0 Å². The quantitative estimate of drug-likeness (QED) is 0.751. The molecule has 4 heteroatoms. The molecule has 2 fully saturated rings. The van der Waals surface area contributed by atoms with Crippen molar-refractivity contribution in [3.63, 3.8) is 0 Å². The molecule has 1 spiro atoms. The lowest BCUT2D eigenvalue weighted by atomic mass is 9.71. The van der Waals surface area contributed by atoms with E-state index in [1.165, 1.54) is 6.42 Å². The maximum atomic E-state index is 12.4. The third-order valence-corrected chi connectivity index (χ3v) is 4.16. The number of aryl methyl sites for hydroxylation is 1. The van der Waals surface area contributed by atoms with Gasteiger partial charge in [0, 0.05) is 18.7 Å². The van der Waals surface area contributed by atoms with Gasteiger partial charge in [0.1, 0.15) is 11.5 Å². The van der Waals surface area contributed by atoms with Gasteiger partial charge in [0.05, 0.1) is 5.60 Å². The van der Waals surface area contributed by atoms with E-state index in [0.717, 1.165) is 25.7 Å². The Morgan fingerprint density at radius 2 is 2.33 bits per heavy atom. The minimum absolute atomic E-state index is 0.0145. The number of rotatable bonds is 2. The van der Waals surface area contributed by atoms with Crippen molar-refractivity contribution in [3.05, 3.63) is 23.8 Å². The number of hydrogen-bond acceptors (Lipinski definition) is 4. The summed E-state index contributed by atoms with van der Waals surface area (Å²) < 4.78 is 5.86. The molecule has 0 aromatic carbocycles. The van der Waals surface area contributed by atoms with Crippen LogP contribution in [0.15, 0.2) is 12.3 Å². The molecule has 1 aromatic rings. The van der Waals surface area contributed by atoms with E-state index in [1.807, 2.05) is 6.92 Å². The summed E-state index contributed by atoms with van der Waals surface area (Å²) in [6.45, 7) is 2.52. The van der Waals surface area contributed by atoms with Crippen LogP contribution in [0.3, 0.4) is 0 Å². The topological polar surface area (TPSA) is 52.1 Å². The second-order valence-electron chi connectivity index (χ2n) is 5.43. The monoisotopic (exact) mass is 246 g/mol. The predicted molar refractivity (Wildman–Crippen MR) is 66.4 cm³/mol. The lowest BCUT2D eigenvalue weighted by Crippen LogP contribution is -2.47. The number of Topliss-reactive ketones (excluding diaryl/α,β-unsaturated/α-hetero) is 1. The van der Waals surface area contributed by atoms with E-state index in [2.05, 4.69) is 9.97 Å². The SMILES string of the molecule is Cc1nccc(C(=O)C2CCOC3(CCC3)C2)n1. The van der Waals surface area contributed by atoms with Crippen molar-refractivity contribution in [2.75, 3.05) is 6.61 Å². The van der Waals surface area contributed by atoms with Crippen LogP contribution in [0.4, 0.5) is 0 Å². The third-order valence-electron chi connectivity index (χ3n) is 4.16. The lowest BCUT2D eigenvalue weighted by molar-refractivity contribution is -0.137. The molecule has 1 aliphatic heterocycles. The van der Waals surface area contributed by atoms with E-state index in [-0.39, 0.29) is 17.3 Å². The standard InChI is InChI=1S/C14H18N2O2/c1-10-15-7-3-12(16-10)13(17)11-4-8-18-14(9-11)5-2-6-14/h3,7,11H,2,4-6,8-9H2,1H3. The van der Waals surface area contributed by atoms with Gasteiger partial charge in [-0.05, 0) is 45.1 Å². The molecule has 0 bridgehead atoms. The molecule has 1 aliphatic carbocycles. The summed E-state index contributed by atoms with van der Waals surface area (Å²) in [4.78, 5) is 20.7. The molecule has 1 atom stereocenters. The van der Waals surface area contributed by atoms with Gasteiger partial charge in [-0.1, -0.05) is 0 Å². The zero-order valence-corrected chi connectivity index (χ0v) is 10.7. The van der Waals surface area contributed by atoms with Gasteiger partial charge in [0.25, 0.3) is 0 Å². The van der Waals surface area contributed by atoms with Crippen LogP contribution in [0, 0.1) is 12.8 Å². The van der Waals surface area contributed by atoms with Crippen LogP contribution in [0.2, 0.25) is 0 Å². The first-order chi connectivity index (χ1) is 8.69. The molecule has 2 heterocycles. The van der Waals surface area contributed by atoms with Gasteiger partial charge >= 0.3 is 0 Å². The van der Waals surface area contributed by atoms with Gasteiger partial charge in [-0.25, -0.2) is 9.97 Å². The Morgan fingerprint density at radius 1 is 1.50 bits per heavy atom. The first-order valence-electron chi connectivity index (χ1n) is 6.66. The molecule has 0 amide bonds. The third kappa shape index (κ3) is 2.05. The van der Waals surface area contributed by atoms with E-state index >= 15 is 0 Å². The number of carbonyl (C=O) groups is 1. The summed E-state index contributed by atoms with van der Waals surface area (Å²) in [7, 11) is 0. The first-order valence-corrected chi connectivity index (χ1v) is 6.66. The fraction of sp³-hybridized carbons (Fsp3) is 0.643. The van der Waals surface area contributed by atoms with Gasteiger partial charge in [-0.3, -0.25) is 4.79 Å². The fourth-order valence-corrected chi connectivity index (χ4v) is 2.97. The van der Waals surface area contributed by atoms with Crippen LogP contribution in [-0.4, -0.2) is 28.0 Å². The van der Waals surface area contributed by atoms with Crippen molar-refractivity contribution in [2.45, 2.75) is 44.6 Å². The minimum atomic E-state index is 0.0145. The van der Waals surface area contributed by atoms with E-state index < -0.39 is 0 Å². The number of aromatic nitrogens is 2. The molecule has 3 rings (SSSR count). The number of ketones is 1. The van der Waals surface area contributed by atoms with Crippen LogP contribution in [-0.2, 0) is 4.74 Å². The highest BCUT2D eigenvalue weighted by atomic mass is 16.5. The van der Waals surface area contributed by atoms with Crippen LogP contribution >= 0.6 is 0 Å². The molecule has 0 N–H and O–H groups in total. The second kappa shape index (κ2) is 4.43. The zero-order chi connectivity index (χ0) is 12.6. The largest absolute Gasteiger partial charge is 0.375 e. The number of carbonyl (C=O) groups excluding carboxylic acids is 1. The van der Waals surface area contributed by atoms with Crippen molar-refractivity contribution >= 4 is 5.78 Å². The number of ether oxygens (including phenoxy) is 1. The van der Waals surface area contributed by atoms with E-state index in [0.29, 0.717) is 18.1 Å². The summed E-state index contributed by atoms with van der Waals surface area (Å²) >= 11 is 0. The zero-order valence-electron chi connectivity index (χ0n) is 10.7. The molecule has 1 unspecified atom stereocenters. The van der Waals surface area contributed by atoms with E-state index in [4.69, 9.17) is 4.74 Å². The molecular formula is C14H18N2O2. The normalized spacial score (nSPS) is 25.7. The number of hydrogen-bond donors (Lipinski definition) is 0. The Kier molecular flexibility index (Phi) is 2.90. The average molecular weight is 246 g/mol. The molecule has 18 heavy (non-hydrogen) atoms. The van der Waals surface area contributed by atoms with Crippen molar-refractivity contribution in [1.82, 2.24) is 9.97 Å². The molecule has 96 valence electrons. The van der Waals surface area contributed by atoms with Crippen molar-refractivity contribution in [2.24, 2.45) is 5.92 Å². The Balaban J connectivity index is 1.76. The molecule has 2 aliphatic rings. The van der Waals surface area contributed by atoms with Crippen LogP contribution in [0.25, 0.3) is 0 Å². The lowest BCUT2D eigenvalue weighted by Gasteiger charge is -2.46. The average Bonchev–Trinajstić information content (AvgIpc) is 2.36. The minimum Gasteiger partial charge on any atom is -0.375 e. The van der Waals surface area contributed by atoms with Gasteiger partial charge in [0.2, 0.25) is 0 Å². The fourth-order valence-electron chi connectivity index (χ4n) is 2.97. The summed E-state index contributed by atoms with van der Waals surface area (Å²) in [6, 6.07) is 1.72. The van der Waals surface area contributed by atoms with Crippen molar-refractivity contribution < 1.29 is 9.53 Å². The van der Waals surface area contributed by atoms with E-state index in [9.17, 15) is 4.79 Å². The smallest absolute Gasteiger partial charge is 0.184 e. The summed E-state index contributed by atoms with van der Waals surface area (Å²) in [5.74, 6) is 0.898. The van der Waals surface area contributed by atoms with Crippen molar-refractivity contribution in [3.8, 4) is 0 Å². The summed E-state index contributed by atoms with van der Waals surface area (Å²) in [5, 5.41) is 0. The van der Waals surface area contributed by atoms with Gasteiger partial charge in [0.15, 0.2) is 5.78 Å². The van der Waals surface area contributed by atoms with E-state index in [1.54, 1.807) is 12.3 Å². The Labute approximate surface area is 107 Å². The van der Waals surface area contributed by atoms with Gasteiger partial charge in [-0.15, -0.1) is 0 Å². The Hall–Kier alpha value is -1.29. The molecule has 1 saturated carbocycles. The predicted octanol–water partition coefficient (Wildman–Crippen LogP) is 2.32. The second-order valence-corrected chi connectivity index (χ2v) is 5.43. The first kappa shape index (κ1) is 11.8. The molecular weight excluding hydrogens is 228 g/mol. The summed E-state index contributed by atoms with van der Waals surface area (Å²) in [5.41, 5.74) is 0.574. The Bertz CT molecular complexity index is 469. The van der Waals surface area contributed by atoms with Gasteiger partial charge < -0.3 is 4.74 Å². The maximum Gasteiger partial charge on any atom is 0.184 e. The van der Waals surface area contributed by atoms with Gasteiger partial charge in [-0.2, -0.15) is 0 Å². The summed E-state index contributed by atoms with van der Waals surface area (Å²) in [6.07, 6.45) is 6.80. The van der Waals surface area contributed by atoms with Crippen LogP contribution in [0.1, 0.15) is 48.4 Å². The highest BCUT2D eigenvalue weighted by Gasteiger charge is 2.44. The highest BCUT2D eigenvalue weighted by Crippen LogP contribution is 2.44. The molecule has 0 radical (unpaired) electrons. The van der Waals surface area contributed by atoms with Crippen LogP contribution < -0.4 is 0 Å². The maximum absolute atomic E-state index is 12.4. The highest BCUT2D eigenvalue weighted by molar-refractivity contribution is 5.96. The van der Waals surface area contributed by atoms with Crippen molar-refractivity contribution in [1.29, 1.82) is 0 Å². The molecule has 1 aromatic heterocycles.